The summed E-state index contributed by atoms with van der Waals surface area (Å²) in [5.74, 6) is -0.952. The molecule has 5 heteroatoms. The van der Waals surface area contributed by atoms with Gasteiger partial charge in [-0.3, -0.25) is 14.5 Å². The fourth-order valence-electron chi connectivity index (χ4n) is 2.19. The summed E-state index contributed by atoms with van der Waals surface area (Å²) in [5, 5.41) is 0. The molecule has 2 amide bonds. The van der Waals surface area contributed by atoms with E-state index < -0.39 is 5.97 Å². The molecule has 0 saturated carbocycles. The summed E-state index contributed by atoms with van der Waals surface area (Å²) in [4.78, 5) is 36.1. The van der Waals surface area contributed by atoms with Crippen LogP contribution in [-0.2, 0) is 19.1 Å². The van der Waals surface area contributed by atoms with Crippen LogP contribution in [0, 0.1) is 0 Å². The first-order chi connectivity index (χ1) is 8.52. The lowest BCUT2D eigenvalue weighted by molar-refractivity contribution is -0.144. The Balaban J connectivity index is 1.89. The number of ether oxygens (including phenoxy) is 1. The SMILES string of the molecule is C=C(C)C(=O)OCCN1C(=O)C2=C(CCC2)C1=O. The van der Waals surface area contributed by atoms with E-state index in [0.29, 0.717) is 29.6 Å². The third kappa shape index (κ3) is 2.08. The van der Waals surface area contributed by atoms with E-state index in [-0.39, 0.29) is 25.0 Å². The van der Waals surface area contributed by atoms with Crippen LogP contribution in [0.1, 0.15) is 26.2 Å². The Hall–Kier alpha value is -1.91. The average Bonchev–Trinajstić information content (AvgIpc) is 2.88. The first-order valence-electron chi connectivity index (χ1n) is 5.93. The molecule has 0 aromatic carbocycles. The Morgan fingerprint density at radius 1 is 1.28 bits per heavy atom. The number of carbonyl (C=O) groups excluding carboxylic acids is 3. The van der Waals surface area contributed by atoms with Crippen molar-refractivity contribution >= 4 is 17.8 Å². The van der Waals surface area contributed by atoms with Crippen molar-refractivity contribution in [2.24, 2.45) is 0 Å². The Kier molecular flexibility index (Phi) is 3.32. The van der Waals surface area contributed by atoms with Gasteiger partial charge in [0.2, 0.25) is 0 Å². The van der Waals surface area contributed by atoms with E-state index >= 15 is 0 Å². The monoisotopic (exact) mass is 249 g/mol. The molecule has 0 N–H and O–H groups in total. The van der Waals surface area contributed by atoms with Crippen molar-refractivity contribution in [3.05, 3.63) is 23.3 Å². The van der Waals surface area contributed by atoms with Crippen LogP contribution in [0.2, 0.25) is 0 Å². The largest absolute Gasteiger partial charge is 0.460 e. The van der Waals surface area contributed by atoms with Crippen LogP contribution in [0.4, 0.5) is 0 Å². The van der Waals surface area contributed by atoms with Gasteiger partial charge in [0, 0.05) is 16.7 Å². The summed E-state index contributed by atoms with van der Waals surface area (Å²) in [6.07, 6.45) is 2.24. The lowest BCUT2D eigenvalue weighted by Crippen LogP contribution is -2.35. The zero-order valence-electron chi connectivity index (χ0n) is 10.3. The van der Waals surface area contributed by atoms with Crippen molar-refractivity contribution < 1.29 is 19.1 Å². The molecule has 1 aliphatic carbocycles. The van der Waals surface area contributed by atoms with E-state index in [2.05, 4.69) is 6.58 Å². The van der Waals surface area contributed by atoms with E-state index in [1.54, 1.807) is 6.92 Å². The molecule has 0 atom stereocenters. The Morgan fingerprint density at radius 3 is 2.33 bits per heavy atom. The van der Waals surface area contributed by atoms with Crippen molar-refractivity contribution in [3.8, 4) is 0 Å². The third-order valence-electron chi connectivity index (χ3n) is 3.12. The number of esters is 1. The normalized spacial score (nSPS) is 18.4. The zero-order chi connectivity index (χ0) is 13.3. The summed E-state index contributed by atoms with van der Waals surface area (Å²) in [6, 6.07) is 0. The molecule has 0 aromatic heterocycles. The predicted octanol–water partition coefficient (Wildman–Crippen LogP) is 0.955. The molecule has 0 saturated heterocycles. The number of rotatable bonds is 4. The molecule has 0 bridgehead atoms. The minimum atomic E-state index is -0.505. The molecule has 96 valence electrons. The first kappa shape index (κ1) is 12.5. The predicted molar refractivity (Wildman–Crippen MR) is 63.4 cm³/mol. The van der Waals surface area contributed by atoms with Gasteiger partial charge in [0.05, 0.1) is 6.54 Å². The van der Waals surface area contributed by atoms with Crippen LogP contribution < -0.4 is 0 Å². The topological polar surface area (TPSA) is 63.7 Å². The number of imide groups is 1. The van der Waals surface area contributed by atoms with E-state index in [0.717, 1.165) is 11.3 Å². The van der Waals surface area contributed by atoms with E-state index in [1.165, 1.54) is 0 Å². The van der Waals surface area contributed by atoms with Gasteiger partial charge in [-0.15, -0.1) is 0 Å². The van der Waals surface area contributed by atoms with Gasteiger partial charge in [-0.05, 0) is 26.2 Å². The number of nitrogens with zero attached hydrogens (tertiary/aromatic N) is 1. The minimum absolute atomic E-state index is 0.0176. The maximum atomic E-state index is 11.9. The molecule has 0 aromatic rings. The Labute approximate surface area is 105 Å². The second kappa shape index (κ2) is 4.76. The van der Waals surface area contributed by atoms with Gasteiger partial charge < -0.3 is 4.74 Å². The second-order valence-corrected chi connectivity index (χ2v) is 4.49. The molecule has 5 nitrogen and oxygen atoms in total. The molecular weight excluding hydrogens is 234 g/mol. The average molecular weight is 249 g/mol. The molecule has 0 spiro atoms. The van der Waals surface area contributed by atoms with Gasteiger partial charge in [-0.2, -0.15) is 0 Å². The summed E-state index contributed by atoms with van der Waals surface area (Å²) < 4.78 is 4.88. The molecule has 2 rings (SSSR count). The van der Waals surface area contributed by atoms with Crippen LogP contribution in [0.15, 0.2) is 23.3 Å². The molecule has 1 aliphatic heterocycles. The maximum absolute atomic E-state index is 11.9. The number of carbonyl (C=O) groups is 3. The van der Waals surface area contributed by atoms with Crippen molar-refractivity contribution in [1.82, 2.24) is 4.90 Å². The van der Waals surface area contributed by atoms with Crippen molar-refractivity contribution in [1.29, 1.82) is 0 Å². The standard InChI is InChI=1S/C13H15NO4/c1-8(2)13(17)18-7-6-14-11(15)9-4-3-5-10(9)12(14)16/h1,3-7H2,2H3. The number of amides is 2. The minimum Gasteiger partial charge on any atom is -0.460 e. The Bertz CT molecular complexity index is 449. The summed E-state index contributed by atoms with van der Waals surface area (Å²) in [7, 11) is 0. The van der Waals surface area contributed by atoms with Crippen molar-refractivity contribution in [2.45, 2.75) is 26.2 Å². The van der Waals surface area contributed by atoms with Gasteiger partial charge in [0.15, 0.2) is 0 Å². The van der Waals surface area contributed by atoms with Gasteiger partial charge in [0.25, 0.3) is 11.8 Å². The zero-order valence-corrected chi connectivity index (χ0v) is 10.3. The van der Waals surface area contributed by atoms with E-state index in [1.807, 2.05) is 0 Å². The van der Waals surface area contributed by atoms with Gasteiger partial charge in [0.1, 0.15) is 6.61 Å². The van der Waals surface area contributed by atoms with Crippen molar-refractivity contribution in [2.75, 3.05) is 13.2 Å². The highest BCUT2D eigenvalue weighted by Gasteiger charge is 2.39. The Morgan fingerprint density at radius 2 is 1.83 bits per heavy atom. The molecule has 0 fully saturated rings. The van der Waals surface area contributed by atoms with Crippen LogP contribution in [0.25, 0.3) is 0 Å². The van der Waals surface area contributed by atoms with Gasteiger partial charge in [-0.25, -0.2) is 4.79 Å². The molecule has 0 radical (unpaired) electrons. The molecule has 18 heavy (non-hydrogen) atoms. The van der Waals surface area contributed by atoms with Crippen molar-refractivity contribution in [3.63, 3.8) is 0 Å². The summed E-state index contributed by atoms with van der Waals surface area (Å²) >= 11 is 0. The molecular formula is C13H15NO4. The highest BCUT2D eigenvalue weighted by molar-refractivity contribution is 6.19. The smallest absolute Gasteiger partial charge is 0.333 e. The highest BCUT2D eigenvalue weighted by Crippen LogP contribution is 2.34. The highest BCUT2D eigenvalue weighted by atomic mass is 16.5. The van der Waals surface area contributed by atoms with Crippen LogP contribution in [-0.4, -0.2) is 35.8 Å². The third-order valence-corrected chi connectivity index (χ3v) is 3.12. The van der Waals surface area contributed by atoms with Gasteiger partial charge >= 0.3 is 5.97 Å². The van der Waals surface area contributed by atoms with E-state index in [4.69, 9.17) is 4.74 Å². The summed E-state index contributed by atoms with van der Waals surface area (Å²) in [6.45, 7) is 5.13. The van der Waals surface area contributed by atoms with Gasteiger partial charge in [-0.1, -0.05) is 6.58 Å². The lowest BCUT2D eigenvalue weighted by atomic mass is 10.2. The fourth-order valence-corrected chi connectivity index (χ4v) is 2.19. The lowest BCUT2D eigenvalue weighted by Gasteiger charge is -2.16. The molecule has 0 unspecified atom stereocenters. The fraction of sp³-hybridized carbons (Fsp3) is 0.462. The van der Waals surface area contributed by atoms with Crippen LogP contribution in [0.3, 0.4) is 0 Å². The van der Waals surface area contributed by atoms with Crippen LogP contribution in [0.5, 0.6) is 0 Å². The second-order valence-electron chi connectivity index (χ2n) is 4.49. The molecule has 1 heterocycles. The number of hydrogen-bond acceptors (Lipinski definition) is 4. The number of hydrogen-bond donors (Lipinski definition) is 0. The maximum Gasteiger partial charge on any atom is 0.333 e. The first-order valence-corrected chi connectivity index (χ1v) is 5.93. The van der Waals surface area contributed by atoms with E-state index in [9.17, 15) is 14.4 Å². The summed E-state index contributed by atoms with van der Waals surface area (Å²) in [5.41, 5.74) is 1.59. The van der Waals surface area contributed by atoms with Crippen LogP contribution >= 0.6 is 0 Å². The quantitative estimate of drug-likeness (QED) is 0.423. The molecule has 2 aliphatic rings. The number of likely N-dealkylation sites (tertiary alicyclic amines) is 1.